The number of rotatable bonds is 6. The maximum Gasteiger partial charge on any atom is 0.227 e. The third-order valence-corrected chi connectivity index (χ3v) is 9.07. The Hall–Kier alpha value is -6.45. The maximum atomic E-state index is 6.18. The van der Waals surface area contributed by atoms with Gasteiger partial charge < -0.3 is 9.32 Å². The van der Waals surface area contributed by atoms with Gasteiger partial charge in [-0.25, -0.2) is 4.98 Å². The summed E-state index contributed by atoms with van der Waals surface area (Å²) < 4.78 is 6.18. The Morgan fingerprint density at radius 2 is 0.854 bits per heavy atom. The summed E-state index contributed by atoms with van der Waals surface area (Å²) in [6.07, 6.45) is 0. The number of fused-ring (bicyclic) bond motifs is 4. The van der Waals surface area contributed by atoms with Gasteiger partial charge in [-0.3, -0.25) is 0 Å². The van der Waals surface area contributed by atoms with Crippen LogP contribution in [0, 0.1) is 0 Å². The number of hydrogen-bond acceptors (Lipinski definition) is 3. The number of aromatic nitrogens is 1. The lowest BCUT2D eigenvalue weighted by atomic mass is 10.00. The van der Waals surface area contributed by atoms with Crippen molar-refractivity contribution in [2.45, 2.75) is 0 Å². The molecule has 0 spiro atoms. The van der Waals surface area contributed by atoms with Crippen molar-refractivity contribution in [3.8, 4) is 33.7 Å². The van der Waals surface area contributed by atoms with Crippen molar-refractivity contribution in [3.63, 3.8) is 0 Å². The standard InChI is InChI=1S/C45H30N2O/c1-4-10-31(11-5-1)33-18-22-38(23-19-33)47(39-24-20-34(21-25-39)32-12-6-2-7-13-32)40-26-27-41-36(28-40)16-17-37-29-44-43(30-42(37)41)46-45(48-44)35-14-8-3-9-15-35/h1-30H. The van der Waals surface area contributed by atoms with E-state index in [0.29, 0.717) is 5.89 Å². The van der Waals surface area contributed by atoms with Gasteiger partial charge in [0.2, 0.25) is 5.89 Å². The van der Waals surface area contributed by atoms with E-state index in [1.165, 1.54) is 27.6 Å². The smallest absolute Gasteiger partial charge is 0.227 e. The summed E-state index contributed by atoms with van der Waals surface area (Å²) in [5, 5.41) is 4.63. The molecule has 48 heavy (non-hydrogen) atoms. The molecule has 0 aliphatic rings. The molecule has 0 saturated heterocycles. The SMILES string of the molecule is c1ccc(-c2ccc(N(c3ccc(-c4ccccc4)cc3)c3ccc4c(ccc5cc6oc(-c7ccccc7)nc6cc54)c3)cc2)cc1. The zero-order valence-electron chi connectivity index (χ0n) is 26.1. The fourth-order valence-electron chi connectivity index (χ4n) is 6.63. The van der Waals surface area contributed by atoms with E-state index >= 15 is 0 Å². The van der Waals surface area contributed by atoms with Gasteiger partial charge in [0, 0.05) is 22.6 Å². The summed E-state index contributed by atoms with van der Waals surface area (Å²) in [4.78, 5) is 7.18. The molecule has 0 N–H and O–H groups in total. The number of benzene rings is 8. The quantitative estimate of drug-likeness (QED) is 0.175. The highest BCUT2D eigenvalue weighted by molar-refractivity contribution is 6.12. The zero-order chi connectivity index (χ0) is 31.9. The summed E-state index contributed by atoms with van der Waals surface area (Å²) in [5.74, 6) is 0.639. The van der Waals surface area contributed by atoms with Crippen LogP contribution in [-0.2, 0) is 0 Å². The van der Waals surface area contributed by atoms with Crippen molar-refractivity contribution in [1.29, 1.82) is 0 Å². The fourth-order valence-corrected chi connectivity index (χ4v) is 6.63. The Kier molecular flexibility index (Phi) is 6.80. The van der Waals surface area contributed by atoms with E-state index in [0.717, 1.165) is 49.9 Å². The summed E-state index contributed by atoms with van der Waals surface area (Å²) in [5.41, 5.74) is 10.7. The Bertz CT molecular complexity index is 2440. The third-order valence-electron chi connectivity index (χ3n) is 9.07. The van der Waals surface area contributed by atoms with Gasteiger partial charge in [-0.05, 0) is 104 Å². The molecule has 3 heteroatoms. The average molecular weight is 615 g/mol. The molecule has 3 nitrogen and oxygen atoms in total. The number of nitrogens with zero attached hydrogens (tertiary/aromatic N) is 2. The lowest BCUT2D eigenvalue weighted by Crippen LogP contribution is -2.09. The van der Waals surface area contributed by atoms with E-state index in [1.54, 1.807) is 0 Å². The second-order valence-corrected chi connectivity index (χ2v) is 12.1. The molecule has 1 heterocycles. The van der Waals surface area contributed by atoms with Gasteiger partial charge in [0.25, 0.3) is 0 Å². The van der Waals surface area contributed by atoms with E-state index in [-0.39, 0.29) is 0 Å². The summed E-state index contributed by atoms with van der Waals surface area (Å²) in [6, 6.07) is 64.2. The van der Waals surface area contributed by atoms with Crippen LogP contribution >= 0.6 is 0 Å². The minimum Gasteiger partial charge on any atom is -0.436 e. The average Bonchev–Trinajstić information content (AvgIpc) is 3.59. The lowest BCUT2D eigenvalue weighted by Gasteiger charge is -2.26. The molecule has 0 saturated carbocycles. The fraction of sp³-hybridized carbons (Fsp3) is 0. The van der Waals surface area contributed by atoms with Gasteiger partial charge >= 0.3 is 0 Å². The number of anilines is 3. The highest BCUT2D eigenvalue weighted by Gasteiger charge is 2.16. The molecule has 8 aromatic carbocycles. The molecule has 0 fully saturated rings. The normalized spacial score (nSPS) is 11.3. The van der Waals surface area contributed by atoms with E-state index < -0.39 is 0 Å². The van der Waals surface area contributed by atoms with E-state index in [9.17, 15) is 0 Å². The Balaban J connectivity index is 1.14. The van der Waals surface area contributed by atoms with Crippen LogP contribution in [0.4, 0.5) is 17.1 Å². The maximum absolute atomic E-state index is 6.18. The van der Waals surface area contributed by atoms with Crippen LogP contribution < -0.4 is 4.90 Å². The molecule has 9 aromatic rings. The van der Waals surface area contributed by atoms with Crippen molar-refractivity contribution in [3.05, 3.63) is 182 Å². The topological polar surface area (TPSA) is 29.3 Å². The zero-order valence-corrected chi connectivity index (χ0v) is 26.1. The first-order valence-electron chi connectivity index (χ1n) is 16.2. The molecular weight excluding hydrogens is 585 g/mol. The molecule has 0 bridgehead atoms. The van der Waals surface area contributed by atoms with Crippen molar-refractivity contribution in [2.24, 2.45) is 0 Å². The van der Waals surface area contributed by atoms with Gasteiger partial charge in [-0.2, -0.15) is 0 Å². The van der Waals surface area contributed by atoms with Gasteiger partial charge in [-0.15, -0.1) is 0 Å². The Morgan fingerprint density at radius 3 is 1.42 bits per heavy atom. The van der Waals surface area contributed by atoms with Crippen molar-refractivity contribution in [2.75, 3.05) is 4.90 Å². The van der Waals surface area contributed by atoms with Crippen LogP contribution in [0.2, 0.25) is 0 Å². The second kappa shape index (κ2) is 11.7. The monoisotopic (exact) mass is 614 g/mol. The van der Waals surface area contributed by atoms with Crippen LogP contribution in [0.15, 0.2) is 186 Å². The van der Waals surface area contributed by atoms with Crippen LogP contribution in [0.5, 0.6) is 0 Å². The highest BCUT2D eigenvalue weighted by atomic mass is 16.3. The molecule has 0 unspecified atom stereocenters. The first kappa shape index (κ1) is 27.8. The van der Waals surface area contributed by atoms with Gasteiger partial charge in [-0.1, -0.05) is 121 Å². The molecule has 226 valence electrons. The van der Waals surface area contributed by atoms with Gasteiger partial charge in [0.1, 0.15) is 5.52 Å². The highest BCUT2D eigenvalue weighted by Crippen LogP contribution is 2.39. The molecule has 0 amide bonds. The van der Waals surface area contributed by atoms with E-state index in [2.05, 4.69) is 157 Å². The predicted molar refractivity (Wildman–Crippen MR) is 200 cm³/mol. The largest absolute Gasteiger partial charge is 0.436 e. The van der Waals surface area contributed by atoms with E-state index in [4.69, 9.17) is 9.40 Å². The summed E-state index contributed by atoms with van der Waals surface area (Å²) >= 11 is 0. The Labute approximate surface area is 279 Å². The first-order chi connectivity index (χ1) is 23.8. The third kappa shape index (κ3) is 5.08. The van der Waals surface area contributed by atoms with Crippen molar-refractivity contribution in [1.82, 2.24) is 4.98 Å². The molecule has 1 aromatic heterocycles. The van der Waals surface area contributed by atoms with E-state index in [1.807, 2.05) is 30.3 Å². The predicted octanol–water partition coefficient (Wildman–Crippen LogP) is 12.6. The molecule has 0 aliphatic heterocycles. The minimum atomic E-state index is 0.639. The van der Waals surface area contributed by atoms with Gasteiger partial charge in [0.15, 0.2) is 5.58 Å². The summed E-state index contributed by atoms with van der Waals surface area (Å²) in [7, 11) is 0. The molecule has 9 rings (SSSR count). The van der Waals surface area contributed by atoms with Crippen LogP contribution in [0.1, 0.15) is 0 Å². The second-order valence-electron chi connectivity index (χ2n) is 12.1. The molecule has 0 atom stereocenters. The lowest BCUT2D eigenvalue weighted by molar-refractivity contribution is 0.620. The Morgan fingerprint density at radius 1 is 0.375 bits per heavy atom. The van der Waals surface area contributed by atoms with Crippen molar-refractivity contribution >= 4 is 49.7 Å². The molecular formula is C45H30N2O. The number of oxazole rings is 1. The first-order valence-corrected chi connectivity index (χ1v) is 16.2. The van der Waals surface area contributed by atoms with Gasteiger partial charge in [0.05, 0.1) is 0 Å². The molecule has 0 radical (unpaired) electrons. The van der Waals surface area contributed by atoms with Crippen LogP contribution in [0.3, 0.4) is 0 Å². The van der Waals surface area contributed by atoms with Crippen LogP contribution in [0.25, 0.3) is 66.4 Å². The van der Waals surface area contributed by atoms with Crippen LogP contribution in [-0.4, -0.2) is 4.98 Å². The summed E-state index contributed by atoms with van der Waals surface area (Å²) in [6.45, 7) is 0. The molecule has 0 aliphatic carbocycles. The minimum absolute atomic E-state index is 0.639. The number of hydrogen-bond donors (Lipinski definition) is 0. The van der Waals surface area contributed by atoms with Crippen molar-refractivity contribution < 1.29 is 4.42 Å².